The van der Waals surface area contributed by atoms with Crippen LogP contribution in [0.1, 0.15) is 22.1 Å². The van der Waals surface area contributed by atoms with Crippen LogP contribution in [-0.4, -0.2) is 53.6 Å². The van der Waals surface area contributed by atoms with Crippen LogP contribution in [0, 0.1) is 11.3 Å². The Hall–Kier alpha value is -2.20. The predicted octanol–water partition coefficient (Wildman–Crippen LogP) is 3.36. The Kier molecular flexibility index (Phi) is 5.95. The standard InChI is InChI=1S/C19H20Cl2N4O2/c1-23-16(11-15(20)18(23)21)19(26)25-9-7-24(8-10-25)17(12-22)13-3-5-14(27-2)6-4-13/h3-6,11,17H,7-10H2,1-2H3. The molecule has 0 saturated carbocycles. The summed E-state index contributed by atoms with van der Waals surface area (Å²) in [6.07, 6.45) is 0. The van der Waals surface area contributed by atoms with Crippen LogP contribution in [-0.2, 0) is 7.05 Å². The molecule has 0 radical (unpaired) electrons. The molecule has 1 aromatic carbocycles. The van der Waals surface area contributed by atoms with Crippen molar-refractivity contribution in [1.82, 2.24) is 14.4 Å². The van der Waals surface area contributed by atoms with Gasteiger partial charge in [0.2, 0.25) is 0 Å². The molecule has 0 N–H and O–H groups in total. The van der Waals surface area contributed by atoms with E-state index in [1.54, 1.807) is 29.7 Å². The molecular formula is C19H20Cl2N4O2. The van der Waals surface area contributed by atoms with Gasteiger partial charge in [0.05, 0.1) is 18.2 Å². The van der Waals surface area contributed by atoms with Crippen LogP contribution in [0.2, 0.25) is 10.2 Å². The van der Waals surface area contributed by atoms with Crippen molar-refractivity contribution in [3.8, 4) is 11.8 Å². The van der Waals surface area contributed by atoms with E-state index >= 15 is 0 Å². The van der Waals surface area contributed by atoms with E-state index in [1.165, 1.54) is 0 Å². The maximum absolute atomic E-state index is 12.8. The summed E-state index contributed by atoms with van der Waals surface area (Å²) in [7, 11) is 3.33. The molecule has 1 aliphatic rings. The van der Waals surface area contributed by atoms with Crippen molar-refractivity contribution in [1.29, 1.82) is 5.26 Å². The van der Waals surface area contributed by atoms with Crippen LogP contribution in [0.15, 0.2) is 30.3 Å². The number of nitrogens with zero attached hydrogens (tertiary/aromatic N) is 4. The van der Waals surface area contributed by atoms with Crippen LogP contribution in [0.25, 0.3) is 0 Å². The first kappa shape index (κ1) is 19.6. The van der Waals surface area contributed by atoms with Gasteiger partial charge in [0.1, 0.15) is 22.6 Å². The van der Waals surface area contributed by atoms with Gasteiger partial charge in [-0.1, -0.05) is 35.3 Å². The number of hydrogen-bond donors (Lipinski definition) is 0. The topological polar surface area (TPSA) is 61.5 Å². The zero-order valence-corrected chi connectivity index (χ0v) is 16.7. The highest BCUT2D eigenvalue weighted by atomic mass is 35.5. The number of piperazine rings is 1. The van der Waals surface area contributed by atoms with Gasteiger partial charge in [0.15, 0.2) is 0 Å². The summed E-state index contributed by atoms with van der Waals surface area (Å²) < 4.78 is 6.76. The third-order valence-corrected chi connectivity index (χ3v) is 5.70. The number of methoxy groups -OCH3 is 1. The van der Waals surface area contributed by atoms with Gasteiger partial charge in [0.25, 0.3) is 5.91 Å². The van der Waals surface area contributed by atoms with Gasteiger partial charge in [-0.15, -0.1) is 0 Å². The number of amides is 1. The monoisotopic (exact) mass is 406 g/mol. The molecule has 0 spiro atoms. The lowest BCUT2D eigenvalue weighted by atomic mass is 10.1. The summed E-state index contributed by atoms with van der Waals surface area (Å²) >= 11 is 12.1. The Morgan fingerprint density at radius 3 is 2.30 bits per heavy atom. The molecule has 1 aliphatic heterocycles. The van der Waals surface area contributed by atoms with Gasteiger partial charge in [-0.05, 0) is 23.8 Å². The van der Waals surface area contributed by atoms with E-state index in [1.807, 2.05) is 24.3 Å². The fourth-order valence-corrected chi connectivity index (χ4v) is 3.62. The molecule has 1 aromatic heterocycles. The molecule has 1 unspecified atom stereocenters. The average Bonchev–Trinajstić information content (AvgIpc) is 2.96. The minimum Gasteiger partial charge on any atom is -0.497 e. The van der Waals surface area contributed by atoms with Crippen LogP contribution in [0.3, 0.4) is 0 Å². The van der Waals surface area contributed by atoms with E-state index in [4.69, 9.17) is 27.9 Å². The fraction of sp³-hybridized carbons (Fsp3) is 0.368. The highest BCUT2D eigenvalue weighted by molar-refractivity contribution is 6.41. The van der Waals surface area contributed by atoms with Gasteiger partial charge in [-0.2, -0.15) is 5.26 Å². The Morgan fingerprint density at radius 1 is 1.19 bits per heavy atom. The molecular weight excluding hydrogens is 387 g/mol. The molecule has 0 bridgehead atoms. The van der Waals surface area contributed by atoms with Crippen molar-refractivity contribution in [2.75, 3.05) is 33.3 Å². The largest absolute Gasteiger partial charge is 0.497 e. The minimum atomic E-state index is -0.355. The molecule has 0 aliphatic carbocycles. The Morgan fingerprint density at radius 2 is 1.81 bits per heavy atom. The highest BCUT2D eigenvalue weighted by Gasteiger charge is 2.29. The lowest BCUT2D eigenvalue weighted by molar-refractivity contribution is 0.0597. The smallest absolute Gasteiger partial charge is 0.270 e. The number of aromatic nitrogens is 1. The third-order valence-electron chi connectivity index (χ3n) is 4.86. The Labute approximate surface area is 168 Å². The van der Waals surface area contributed by atoms with Crippen molar-refractivity contribution in [2.45, 2.75) is 6.04 Å². The molecule has 8 heteroatoms. The summed E-state index contributed by atoms with van der Waals surface area (Å²) in [5, 5.41) is 10.4. The number of nitriles is 1. The number of halogens is 2. The molecule has 6 nitrogen and oxygen atoms in total. The van der Waals surface area contributed by atoms with Gasteiger partial charge in [-0.3, -0.25) is 9.69 Å². The molecule has 2 aromatic rings. The summed E-state index contributed by atoms with van der Waals surface area (Å²) in [5.74, 6) is 0.648. The number of benzene rings is 1. The van der Waals surface area contributed by atoms with E-state index < -0.39 is 0 Å². The number of carbonyl (C=O) groups excluding carboxylic acids is 1. The first-order chi connectivity index (χ1) is 13.0. The Balaban J connectivity index is 1.67. The van der Waals surface area contributed by atoms with Gasteiger partial charge in [0, 0.05) is 33.2 Å². The summed E-state index contributed by atoms with van der Waals surface area (Å²) in [5.41, 5.74) is 1.38. The molecule has 1 saturated heterocycles. The van der Waals surface area contributed by atoms with Gasteiger partial charge < -0.3 is 14.2 Å². The second kappa shape index (κ2) is 8.22. The van der Waals surface area contributed by atoms with Crippen molar-refractivity contribution < 1.29 is 9.53 Å². The lowest BCUT2D eigenvalue weighted by Gasteiger charge is -2.37. The maximum Gasteiger partial charge on any atom is 0.270 e. The van der Waals surface area contributed by atoms with Gasteiger partial charge >= 0.3 is 0 Å². The number of hydrogen-bond acceptors (Lipinski definition) is 4. The van der Waals surface area contributed by atoms with Crippen LogP contribution < -0.4 is 4.74 Å². The number of carbonyl (C=O) groups is 1. The SMILES string of the molecule is COc1ccc(C(C#N)N2CCN(C(=O)c3cc(Cl)c(Cl)n3C)CC2)cc1. The molecule has 1 amide bonds. The second-order valence-electron chi connectivity index (χ2n) is 6.36. The zero-order valence-electron chi connectivity index (χ0n) is 15.2. The number of ether oxygens (including phenoxy) is 1. The molecule has 1 fully saturated rings. The van der Waals surface area contributed by atoms with Crippen LogP contribution >= 0.6 is 23.2 Å². The van der Waals surface area contributed by atoms with Crippen LogP contribution in [0.5, 0.6) is 5.75 Å². The van der Waals surface area contributed by atoms with E-state index in [0.29, 0.717) is 42.0 Å². The van der Waals surface area contributed by atoms with Crippen molar-refractivity contribution >= 4 is 29.1 Å². The van der Waals surface area contributed by atoms with Crippen molar-refractivity contribution in [2.24, 2.45) is 7.05 Å². The van der Waals surface area contributed by atoms with E-state index in [9.17, 15) is 10.1 Å². The van der Waals surface area contributed by atoms with E-state index in [2.05, 4.69) is 11.0 Å². The first-order valence-electron chi connectivity index (χ1n) is 8.54. The Bertz CT molecular complexity index is 865. The molecule has 1 atom stereocenters. The molecule has 2 heterocycles. The first-order valence-corrected chi connectivity index (χ1v) is 9.29. The third kappa shape index (κ3) is 3.91. The molecule has 3 rings (SSSR count). The van der Waals surface area contributed by atoms with Crippen molar-refractivity contribution in [3.05, 3.63) is 51.8 Å². The normalized spacial score (nSPS) is 16.0. The summed E-state index contributed by atoms with van der Waals surface area (Å²) in [6.45, 7) is 2.30. The fourth-order valence-electron chi connectivity index (χ4n) is 3.25. The number of rotatable bonds is 4. The van der Waals surface area contributed by atoms with E-state index in [-0.39, 0.29) is 11.9 Å². The molecule has 142 valence electrons. The predicted molar refractivity (Wildman–Crippen MR) is 104 cm³/mol. The maximum atomic E-state index is 12.8. The van der Waals surface area contributed by atoms with Gasteiger partial charge in [-0.25, -0.2) is 0 Å². The second-order valence-corrected chi connectivity index (χ2v) is 7.13. The minimum absolute atomic E-state index is 0.107. The lowest BCUT2D eigenvalue weighted by Crippen LogP contribution is -2.49. The summed E-state index contributed by atoms with van der Waals surface area (Å²) in [6, 6.07) is 11.1. The molecule has 27 heavy (non-hydrogen) atoms. The van der Waals surface area contributed by atoms with Crippen molar-refractivity contribution in [3.63, 3.8) is 0 Å². The van der Waals surface area contributed by atoms with E-state index in [0.717, 1.165) is 11.3 Å². The summed E-state index contributed by atoms with van der Waals surface area (Å²) in [4.78, 5) is 16.6. The van der Waals surface area contributed by atoms with Crippen LogP contribution in [0.4, 0.5) is 0 Å². The highest BCUT2D eigenvalue weighted by Crippen LogP contribution is 2.27. The quantitative estimate of drug-likeness (QED) is 0.780. The average molecular weight is 407 g/mol. The zero-order chi connectivity index (χ0) is 19.6.